The zero-order valence-electron chi connectivity index (χ0n) is 14.8. The van der Waals surface area contributed by atoms with E-state index >= 15 is 0 Å². The monoisotopic (exact) mass is 334 g/mol. The van der Waals surface area contributed by atoms with Crippen LogP contribution in [0.3, 0.4) is 0 Å². The van der Waals surface area contributed by atoms with E-state index in [0.29, 0.717) is 26.4 Å². The van der Waals surface area contributed by atoms with Gasteiger partial charge < -0.3 is 24.4 Å². The molecule has 0 heterocycles. The summed E-state index contributed by atoms with van der Waals surface area (Å²) in [6, 6.07) is 0. The first-order valence-corrected chi connectivity index (χ1v) is 9.36. The molecule has 0 saturated heterocycles. The molecule has 0 amide bonds. The van der Waals surface area contributed by atoms with Gasteiger partial charge in [0.15, 0.2) is 0 Å². The lowest BCUT2D eigenvalue weighted by Gasteiger charge is -2.06. The van der Waals surface area contributed by atoms with E-state index in [4.69, 9.17) is 24.4 Å². The number of aliphatic hydroxyl groups is 2. The van der Waals surface area contributed by atoms with Gasteiger partial charge in [-0.1, -0.05) is 32.1 Å². The van der Waals surface area contributed by atoms with Crippen molar-refractivity contribution in [2.75, 3.05) is 52.9 Å². The molecule has 0 aliphatic rings. The van der Waals surface area contributed by atoms with Crippen LogP contribution >= 0.6 is 0 Å². The van der Waals surface area contributed by atoms with Crippen molar-refractivity contribution < 1.29 is 24.4 Å². The minimum atomic E-state index is 0.0740. The fourth-order valence-electron chi connectivity index (χ4n) is 2.27. The lowest BCUT2D eigenvalue weighted by Crippen LogP contribution is -2.08. The fourth-order valence-corrected chi connectivity index (χ4v) is 2.27. The van der Waals surface area contributed by atoms with E-state index in [1.807, 2.05) is 0 Å². The summed E-state index contributed by atoms with van der Waals surface area (Å²) >= 11 is 0. The lowest BCUT2D eigenvalue weighted by molar-refractivity contribution is 0.0315. The maximum atomic E-state index is 8.67. The third-order valence-electron chi connectivity index (χ3n) is 3.63. The van der Waals surface area contributed by atoms with Gasteiger partial charge in [-0.25, -0.2) is 0 Å². The van der Waals surface area contributed by atoms with Crippen molar-refractivity contribution in [1.82, 2.24) is 0 Å². The Balaban J connectivity index is 2.92. The molecule has 5 heteroatoms. The van der Waals surface area contributed by atoms with Crippen molar-refractivity contribution in [3.05, 3.63) is 0 Å². The fraction of sp³-hybridized carbons (Fsp3) is 1.00. The molecule has 0 saturated carbocycles. The van der Waals surface area contributed by atoms with Gasteiger partial charge in [0, 0.05) is 26.4 Å². The van der Waals surface area contributed by atoms with Crippen LogP contribution in [0, 0.1) is 0 Å². The van der Waals surface area contributed by atoms with Crippen molar-refractivity contribution in [2.24, 2.45) is 0 Å². The zero-order valence-corrected chi connectivity index (χ0v) is 14.8. The molecule has 0 fully saturated rings. The van der Waals surface area contributed by atoms with Crippen LogP contribution in [0.2, 0.25) is 0 Å². The Morgan fingerprint density at radius 2 is 0.739 bits per heavy atom. The summed E-state index contributed by atoms with van der Waals surface area (Å²) in [6.07, 6.45) is 11.7. The molecular weight excluding hydrogens is 296 g/mol. The summed E-state index contributed by atoms with van der Waals surface area (Å²) in [7, 11) is 0. The maximum absolute atomic E-state index is 8.67. The van der Waals surface area contributed by atoms with Crippen molar-refractivity contribution >= 4 is 0 Å². The summed E-state index contributed by atoms with van der Waals surface area (Å²) in [5.74, 6) is 0. The number of rotatable bonds is 20. The molecule has 140 valence electrons. The second-order valence-electron chi connectivity index (χ2n) is 5.82. The van der Waals surface area contributed by atoms with Crippen LogP contribution in [-0.2, 0) is 14.2 Å². The topological polar surface area (TPSA) is 68.2 Å². The van der Waals surface area contributed by atoms with Crippen LogP contribution in [0.15, 0.2) is 0 Å². The largest absolute Gasteiger partial charge is 0.396 e. The van der Waals surface area contributed by atoms with Crippen molar-refractivity contribution in [1.29, 1.82) is 0 Å². The van der Waals surface area contributed by atoms with E-state index in [9.17, 15) is 0 Å². The molecule has 0 aromatic carbocycles. The molecule has 0 radical (unpaired) electrons. The van der Waals surface area contributed by atoms with E-state index in [-0.39, 0.29) is 6.61 Å². The highest BCUT2D eigenvalue weighted by molar-refractivity contribution is 4.46. The predicted molar refractivity (Wildman–Crippen MR) is 92.8 cm³/mol. The Kier molecular flexibility index (Phi) is 21.6. The number of aliphatic hydroxyl groups excluding tert-OH is 2. The number of ether oxygens (including phenoxy) is 3. The highest BCUT2D eigenvalue weighted by atomic mass is 16.5. The molecule has 0 aromatic rings. The Bertz CT molecular complexity index is 182. The third kappa shape index (κ3) is 21.8. The highest BCUT2D eigenvalue weighted by Crippen LogP contribution is 2.07. The first kappa shape index (κ1) is 22.8. The van der Waals surface area contributed by atoms with Crippen molar-refractivity contribution in [3.63, 3.8) is 0 Å². The summed E-state index contributed by atoms with van der Waals surface area (Å²) in [6.45, 7) is 4.49. The first-order chi connectivity index (χ1) is 11.4. The smallest absolute Gasteiger partial charge is 0.0701 e. The molecule has 2 N–H and O–H groups in total. The van der Waals surface area contributed by atoms with E-state index < -0.39 is 0 Å². The average molecular weight is 334 g/mol. The quantitative estimate of drug-likeness (QED) is 0.335. The Labute approximate surface area is 142 Å². The van der Waals surface area contributed by atoms with Gasteiger partial charge in [0.25, 0.3) is 0 Å². The van der Waals surface area contributed by atoms with Gasteiger partial charge in [-0.3, -0.25) is 0 Å². The predicted octanol–water partition coefficient (Wildman–Crippen LogP) is 2.92. The summed E-state index contributed by atoms with van der Waals surface area (Å²) in [5, 5.41) is 17.2. The van der Waals surface area contributed by atoms with Crippen LogP contribution in [0.5, 0.6) is 0 Å². The summed E-state index contributed by atoms with van der Waals surface area (Å²) < 4.78 is 16.2. The number of hydrogen-bond donors (Lipinski definition) is 2. The Hall–Kier alpha value is -0.200. The van der Waals surface area contributed by atoms with E-state index in [2.05, 4.69) is 0 Å². The van der Waals surface area contributed by atoms with Crippen LogP contribution in [0.25, 0.3) is 0 Å². The normalized spacial score (nSPS) is 11.2. The molecule has 0 atom stereocenters. The standard InChI is InChI=1S/C18H38O5/c19-11-7-4-2-1-3-5-8-13-21-14-9-6-10-15-22-17-18-23-16-12-20/h19-20H,1-18H2. The van der Waals surface area contributed by atoms with Gasteiger partial charge in [0.05, 0.1) is 26.4 Å². The van der Waals surface area contributed by atoms with E-state index in [0.717, 1.165) is 58.3 Å². The van der Waals surface area contributed by atoms with Crippen LogP contribution in [-0.4, -0.2) is 63.1 Å². The Morgan fingerprint density at radius 3 is 1.26 bits per heavy atom. The van der Waals surface area contributed by atoms with Gasteiger partial charge in [0.1, 0.15) is 0 Å². The molecular formula is C18H38O5. The van der Waals surface area contributed by atoms with Crippen molar-refractivity contribution in [3.8, 4) is 0 Å². The van der Waals surface area contributed by atoms with Crippen molar-refractivity contribution in [2.45, 2.75) is 64.2 Å². The Morgan fingerprint density at radius 1 is 0.348 bits per heavy atom. The van der Waals surface area contributed by atoms with Gasteiger partial charge in [-0.2, -0.15) is 0 Å². The van der Waals surface area contributed by atoms with E-state index in [1.54, 1.807) is 0 Å². The van der Waals surface area contributed by atoms with Gasteiger partial charge in [-0.05, 0) is 32.1 Å². The lowest BCUT2D eigenvalue weighted by atomic mass is 10.1. The number of unbranched alkanes of at least 4 members (excludes halogenated alkanes) is 8. The van der Waals surface area contributed by atoms with Crippen LogP contribution in [0.4, 0.5) is 0 Å². The van der Waals surface area contributed by atoms with Crippen LogP contribution in [0.1, 0.15) is 64.2 Å². The average Bonchev–Trinajstić information content (AvgIpc) is 2.57. The maximum Gasteiger partial charge on any atom is 0.0701 e. The minimum absolute atomic E-state index is 0.0740. The second kappa shape index (κ2) is 21.8. The molecule has 0 aromatic heterocycles. The van der Waals surface area contributed by atoms with Gasteiger partial charge in [-0.15, -0.1) is 0 Å². The van der Waals surface area contributed by atoms with E-state index in [1.165, 1.54) is 25.7 Å². The highest BCUT2D eigenvalue weighted by Gasteiger charge is 1.94. The van der Waals surface area contributed by atoms with Gasteiger partial charge in [0.2, 0.25) is 0 Å². The third-order valence-corrected chi connectivity index (χ3v) is 3.63. The molecule has 0 bridgehead atoms. The second-order valence-corrected chi connectivity index (χ2v) is 5.82. The molecule has 0 aliphatic carbocycles. The molecule has 5 nitrogen and oxygen atoms in total. The molecule has 0 rings (SSSR count). The summed E-state index contributed by atoms with van der Waals surface area (Å²) in [5.41, 5.74) is 0. The SMILES string of the molecule is OCCCCCCCCCOCCCCCOCCOCCO. The van der Waals surface area contributed by atoms with Crippen LogP contribution < -0.4 is 0 Å². The molecule has 23 heavy (non-hydrogen) atoms. The van der Waals surface area contributed by atoms with Gasteiger partial charge >= 0.3 is 0 Å². The number of hydrogen-bond acceptors (Lipinski definition) is 5. The minimum Gasteiger partial charge on any atom is -0.396 e. The zero-order chi connectivity index (χ0) is 16.8. The molecule has 0 spiro atoms. The first-order valence-electron chi connectivity index (χ1n) is 9.36. The molecule has 0 aliphatic heterocycles. The molecule has 0 unspecified atom stereocenters. The summed E-state index contributed by atoms with van der Waals surface area (Å²) in [4.78, 5) is 0.